The quantitative estimate of drug-likeness (QED) is 0.587. The summed E-state index contributed by atoms with van der Waals surface area (Å²) < 4.78 is 4.97. The number of hydrogen-bond donors (Lipinski definition) is 2. The highest BCUT2D eigenvalue weighted by atomic mass is 32.1. The molecule has 0 aliphatic carbocycles. The molecule has 0 amide bonds. The summed E-state index contributed by atoms with van der Waals surface area (Å²) in [5.41, 5.74) is 1.33. The first-order valence-electron chi connectivity index (χ1n) is 5.78. The lowest BCUT2D eigenvalue weighted by molar-refractivity contribution is 0.430. The zero-order chi connectivity index (χ0) is 12.0. The van der Waals surface area contributed by atoms with Gasteiger partial charge in [-0.2, -0.15) is 0 Å². The first kappa shape index (κ1) is 13.4. The van der Waals surface area contributed by atoms with Crippen molar-refractivity contribution in [2.24, 2.45) is 5.92 Å². The lowest BCUT2D eigenvalue weighted by atomic mass is 9.85. The Hall–Kier alpha value is -0.670. The molecular weight excluding hydrogens is 218 g/mol. The van der Waals surface area contributed by atoms with Crippen molar-refractivity contribution in [2.75, 3.05) is 13.6 Å². The summed E-state index contributed by atoms with van der Waals surface area (Å²) in [6, 6.07) is 8.19. The summed E-state index contributed by atoms with van der Waals surface area (Å²) >= 11 is 3.84. The van der Waals surface area contributed by atoms with Gasteiger partial charge in [-0.3, -0.25) is 0 Å². The molecular formula is C13H21NOS. The molecule has 0 bridgehead atoms. The molecule has 0 spiro atoms. The molecule has 0 aliphatic rings. The summed E-state index contributed by atoms with van der Waals surface area (Å²) in [5, 5.41) is 3.23. The van der Waals surface area contributed by atoms with Gasteiger partial charge in [0, 0.05) is 12.9 Å². The molecule has 1 rings (SSSR count). The van der Waals surface area contributed by atoms with E-state index in [1.165, 1.54) is 5.56 Å². The standard InChI is InChI=1S/C13H21NOS/c1-4-13(10(2)9-14-3)11-6-5-7-12(8-11)15-16/h5-8,10,13-14,16H,4,9H2,1-3H3. The van der Waals surface area contributed by atoms with Crippen LogP contribution < -0.4 is 9.50 Å². The van der Waals surface area contributed by atoms with Gasteiger partial charge in [-0.15, -0.1) is 0 Å². The van der Waals surface area contributed by atoms with Crippen LogP contribution in [0, 0.1) is 5.92 Å². The van der Waals surface area contributed by atoms with Gasteiger partial charge in [0.05, 0.1) is 0 Å². The van der Waals surface area contributed by atoms with Crippen molar-refractivity contribution in [1.29, 1.82) is 0 Å². The Kier molecular flexibility index (Phi) is 5.71. The first-order valence-corrected chi connectivity index (χ1v) is 6.15. The fraction of sp³-hybridized carbons (Fsp3) is 0.538. The summed E-state index contributed by atoms with van der Waals surface area (Å²) in [5.74, 6) is 2.00. The Bertz CT molecular complexity index is 317. The topological polar surface area (TPSA) is 21.3 Å². The maximum Gasteiger partial charge on any atom is 0.137 e. The predicted octanol–water partition coefficient (Wildman–Crippen LogP) is 3.26. The maximum atomic E-state index is 4.97. The van der Waals surface area contributed by atoms with Crippen LogP contribution in [0.5, 0.6) is 5.75 Å². The highest BCUT2D eigenvalue weighted by Gasteiger charge is 2.17. The van der Waals surface area contributed by atoms with E-state index < -0.39 is 0 Å². The van der Waals surface area contributed by atoms with Crippen molar-refractivity contribution < 1.29 is 4.18 Å². The number of thiol groups is 1. The molecule has 1 aromatic rings. The third-order valence-electron chi connectivity index (χ3n) is 3.04. The van der Waals surface area contributed by atoms with Crippen molar-refractivity contribution in [3.8, 4) is 5.75 Å². The second-order valence-electron chi connectivity index (χ2n) is 4.21. The van der Waals surface area contributed by atoms with Crippen molar-refractivity contribution in [3.05, 3.63) is 29.8 Å². The minimum absolute atomic E-state index is 0.566. The molecule has 1 aromatic carbocycles. The second-order valence-corrected chi connectivity index (χ2v) is 4.40. The number of benzene rings is 1. The molecule has 0 saturated heterocycles. The molecule has 3 heteroatoms. The van der Waals surface area contributed by atoms with Gasteiger partial charge >= 0.3 is 0 Å². The van der Waals surface area contributed by atoms with E-state index in [0.29, 0.717) is 11.8 Å². The van der Waals surface area contributed by atoms with Crippen LogP contribution in [0.1, 0.15) is 31.7 Å². The van der Waals surface area contributed by atoms with E-state index in [0.717, 1.165) is 18.7 Å². The second kappa shape index (κ2) is 6.81. The summed E-state index contributed by atoms with van der Waals surface area (Å²) in [4.78, 5) is 0. The van der Waals surface area contributed by atoms with Crippen molar-refractivity contribution in [1.82, 2.24) is 5.32 Å². The monoisotopic (exact) mass is 239 g/mol. The van der Waals surface area contributed by atoms with Crippen molar-refractivity contribution >= 4 is 12.9 Å². The minimum atomic E-state index is 0.566. The Morgan fingerprint density at radius 2 is 2.19 bits per heavy atom. The zero-order valence-corrected chi connectivity index (χ0v) is 11.1. The Morgan fingerprint density at radius 3 is 2.75 bits per heavy atom. The van der Waals surface area contributed by atoms with Gasteiger partial charge in [-0.05, 0) is 49.5 Å². The SMILES string of the molecule is CCC(c1cccc(OS)c1)C(C)CNC. The van der Waals surface area contributed by atoms with E-state index in [-0.39, 0.29) is 0 Å². The van der Waals surface area contributed by atoms with Gasteiger partial charge in [0.25, 0.3) is 0 Å². The van der Waals surface area contributed by atoms with Crippen LogP contribution in [0.25, 0.3) is 0 Å². The Labute approximate surface area is 104 Å². The molecule has 0 saturated carbocycles. The third-order valence-corrected chi connectivity index (χ3v) is 3.26. The highest BCUT2D eigenvalue weighted by Crippen LogP contribution is 2.30. The smallest absolute Gasteiger partial charge is 0.137 e. The lowest BCUT2D eigenvalue weighted by Gasteiger charge is -2.23. The normalized spacial score (nSPS) is 14.5. The Balaban J connectivity index is 2.85. The minimum Gasteiger partial charge on any atom is -0.429 e. The van der Waals surface area contributed by atoms with Crippen molar-refractivity contribution in [2.45, 2.75) is 26.2 Å². The van der Waals surface area contributed by atoms with Crippen LogP contribution in [0.2, 0.25) is 0 Å². The van der Waals surface area contributed by atoms with E-state index in [9.17, 15) is 0 Å². The fourth-order valence-corrected chi connectivity index (χ4v) is 2.35. The van der Waals surface area contributed by atoms with Gasteiger partial charge in [-0.1, -0.05) is 26.0 Å². The Morgan fingerprint density at radius 1 is 1.44 bits per heavy atom. The van der Waals surface area contributed by atoms with Gasteiger partial charge < -0.3 is 9.50 Å². The number of nitrogens with one attached hydrogen (secondary N) is 1. The van der Waals surface area contributed by atoms with E-state index in [2.05, 4.69) is 44.2 Å². The molecule has 1 N–H and O–H groups in total. The molecule has 2 atom stereocenters. The van der Waals surface area contributed by atoms with Crippen LogP contribution >= 0.6 is 12.9 Å². The van der Waals surface area contributed by atoms with E-state index >= 15 is 0 Å². The molecule has 2 unspecified atom stereocenters. The highest BCUT2D eigenvalue weighted by molar-refractivity contribution is 7.75. The van der Waals surface area contributed by atoms with Crippen LogP contribution in [-0.2, 0) is 0 Å². The molecule has 90 valence electrons. The molecule has 0 radical (unpaired) electrons. The van der Waals surface area contributed by atoms with Gasteiger partial charge in [0.1, 0.15) is 5.75 Å². The average molecular weight is 239 g/mol. The number of rotatable bonds is 6. The number of hydrogen-bond acceptors (Lipinski definition) is 3. The van der Waals surface area contributed by atoms with Gasteiger partial charge in [0.15, 0.2) is 0 Å². The lowest BCUT2D eigenvalue weighted by Crippen LogP contribution is -2.22. The van der Waals surface area contributed by atoms with Crippen molar-refractivity contribution in [3.63, 3.8) is 0 Å². The molecule has 0 aliphatic heterocycles. The molecule has 0 aromatic heterocycles. The summed E-state index contributed by atoms with van der Waals surface area (Å²) in [7, 11) is 2.00. The van der Waals surface area contributed by atoms with Crippen LogP contribution in [0.3, 0.4) is 0 Å². The maximum absolute atomic E-state index is 4.97. The molecule has 16 heavy (non-hydrogen) atoms. The largest absolute Gasteiger partial charge is 0.429 e. The van der Waals surface area contributed by atoms with E-state index in [1.807, 2.05) is 19.2 Å². The molecule has 0 fully saturated rings. The molecule has 0 heterocycles. The fourth-order valence-electron chi connectivity index (χ4n) is 2.23. The summed E-state index contributed by atoms with van der Waals surface area (Å²) in [6.45, 7) is 5.54. The average Bonchev–Trinajstić information content (AvgIpc) is 2.31. The zero-order valence-electron chi connectivity index (χ0n) is 10.2. The van der Waals surface area contributed by atoms with Crippen LogP contribution in [0.4, 0.5) is 0 Å². The predicted molar refractivity (Wildman–Crippen MR) is 72.2 cm³/mol. The van der Waals surface area contributed by atoms with Gasteiger partial charge in [0.2, 0.25) is 0 Å². The first-order chi connectivity index (χ1) is 7.72. The van der Waals surface area contributed by atoms with E-state index in [4.69, 9.17) is 4.18 Å². The van der Waals surface area contributed by atoms with Gasteiger partial charge in [-0.25, -0.2) is 0 Å². The van der Waals surface area contributed by atoms with Crippen LogP contribution in [-0.4, -0.2) is 13.6 Å². The summed E-state index contributed by atoms with van der Waals surface area (Å²) in [6.07, 6.45) is 1.14. The molecule has 2 nitrogen and oxygen atoms in total. The van der Waals surface area contributed by atoms with E-state index in [1.54, 1.807) is 0 Å². The third kappa shape index (κ3) is 3.42. The van der Waals surface area contributed by atoms with Crippen LogP contribution in [0.15, 0.2) is 24.3 Å².